The van der Waals surface area contributed by atoms with Gasteiger partial charge in [0, 0.05) is 30.4 Å². The third-order valence-corrected chi connectivity index (χ3v) is 6.13. The normalized spacial score (nSPS) is 21.9. The summed E-state index contributed by atoms with van der Waals surface area (Å²) in [5.41, 5.74) is 0.625. The molecule has 11 heteroatoms. The zero-order valence-electron chi connectivity index (χ0n) is 18.9. The van der Waals surface area contributed by atoms with Crippen LogP contribution in [0, 0.1) is 5.92 Å². The number of rotatable bonds is 5. The number of pyridine rings is 1. The number of amides is 1. The highest BCUT2D eigenvalue weighted by molar-refractivity contribution is 6.29. The van der Waals surface area contributed by atoms with Gasteiger partial charge in [0.25, 0.3) is 0 Å². The molecule has 3 fully saturated rings. The summed E-state index contributed by atoms with van der Waals surface area (Å²) in [7, 11) is 0. The number of halogens is 4. The number of hydrogen-bond donors (Lipinski definition) is 0. The molecular formula is C23H24ClF3N4O3. The Balaban J connectivity index is 1.45. The molecule has 0 aromatic carbocycles. The molecule has 1 unspecified atom stereocenters. The number of ether oxygens (including phenoxy) is 1. The second-order valence-corrected chi connectivity index (χ2v) is 10.0. The molecule has 3 aliphatic rings. The lowest BCUT2D eigenvalue weighted by Gasteiger charge is -2.29. The molecule has 1 saturated carbocycles. The maximum atomic E-state index is 13.1. The molecular weight excluding hydrogens is 473 g/mol. The lowest BCUT2D eigenvalue weighted by atomic mass is 9.81. The SMILES string of the molecule is CC(C)(C)OC(=O)N1C2CC(C2)C1C(=O)CCc1cc(Cl)nc(-c2cnc(C(F)(F)F)nc2)c1. The number of alkyl halides is 3. The Bertz CT molecular complexity index is 1100. The average Bonchev–Trinajstić information content (AvgIpc) is 3.26. The number of aromatic nitrogens is 3. The van der Waals surface area contributed by atoms with E-state index in [-0.39, 0.29) is 34.9 Å². The third kappa shape index (κ3) is 5.16. The Hall–Kier alpha value is -2.75. The van der Waals surface area contributed by atoms with Gasteiger partial charge in [0.15, 0.2) is 5.78 Å². The number of nitrogens with zero attached hydrogens (tertiary/aromatic N) is 4. The summed E-state index contributed by atoms with van der Waals surface area (Å²) in [6.45, 7) is 5.36. The molecule has 0 N–H and O–H groups in total. The fourth-order valence-electron chi connectivity index (χ4n) is 4.43. The summed E-state index contributed by atoms with van der Waals surface area (Å²) >= 11 is 6.12. The second-order valence-electron chi connectivity index (χ2n) is 9.66. The number of fused-ring (bicyclic) bond motifs is 1. The number of aryl methyl sites for hydroxylation is 1. The van der Waals surface area contributed by atoms with Gasteiger partial charge in [-0.1, -0.05) is 11.6 Å². The molecule has 2 aliphatic heterocycles. The van der Waals surface area contributed by atoms with Crippen LogP contribution in [0.15, 0.2) is 24.5 Å². The van der Waals surface area contributed by atoms with Crippen LogP contribution in [-0.4, -0.2) is 49.4 Å². The van der Waals surface area contributed by atoms with Crippen molar-refractivity contribution in [3.63, 3.8) is 0 Å². The summed E-state index contributed by atoms with van der Waals surface area (Å²) in [5.74, 6) is -1.15. The number of Topliss-reactive ketones (excluding diaryl/α,β-unsaturated/α-hetero) is 1. The molecule has 1 amide bonds. The number of hydrogen-bond acceptors (Lipinski definition) is 6. The summed E-state index contributed by atoms with van der Waals surface area (Å²) < 4.78 is 43.7. The maximum Gasteiger partial charge on any atom is 0.451 e. The zero-order chi connectivity index (χ0) is 24.8. The molecule has 4 heterocycles. The van der Waals surface area contributed by atoms with Crippen LogP contribution in [0.4, 0.5) is 18.0 Å². The quantitative estimate of drug-likeness (QED) is 0.535. The van der Waals surface area contributed by atoms with Crippen LogP contribution in [0.5, 0.6) is 0 Å². The van der Waals surface area contributed by atoms with Gasteiger partial charge in [-0.3, -0.25) is 9.69 Å². The lowest BCUT2D eigenvalue weighted by Crippen LogP contribution is -2.44. The molecule has 2 saturated heterocycles. The molecule has 34 heavy (non-hydrogen) atoms. The standard InChI is InChI=1S/C23H24ClF3N4O3/c1-22(2,3)34-21(33)31-15-8-13(9-15)19(31)17(32)5-4-12-6-16(30-18(24)7-12)14-10-28-20(29-11-14)23(25,26)27/h6-7,10-11,13,15,19H,4-5,8-9H2,1-3H3. The van der Waals surface area contributed by atoms with Crippen molar-refractivity contribution in [2.75, 3.05) is 0 Å². The van der Waals surface area contributed by atoms with Crippen molar-refractivity contribution in [3.05, 3.63) is 41.1 Å². The van der Waals surface area contributed by atoms with Gasteiger partial charge >= 0.3 is 12.3 Å². The fraction of sp³-hybridized carbons (Fsp3) is 0.522. The first-order chi connectivity index (χ1) is 15.8. The van der Waals surface area contributed by atoms with Gasteiger partial charge in [-0.15, -0.1) is 0 Å². The zero-order valence-corrected chi connectivity index (χ0v) is 19.7. The Morgan fingerprint density at radius 2 is 1.79 bits per heavy atom. The van der Waals surface area contributed by atoms with Crippen molar-refractivity contribution < 1.29 is 27.5 Å². The minimum absolute atomic E-state index is 0.0374. The van der Waals surface area contributed by atoms with Gasteiger partial charge in [-0.2, -0.15) is 13.2 Å². The second kappa shape index (κ2) is 8.79. The summed E-state index contributed by atoms with van der Waals surface area (Å²) in [6.07, 6.45) is -0.916. The molecule has 2 aromatic heterocycles. The number of carbonyl (C=O) groups excluding carboxylic acids is 2. The first-order valence-electron chi connectivity index (χ1n) is 10.9. The first-order valence-corrected chi connectivity index (χ1v) is 11.3. The van der Waals surface area contributed by atoms with Crippen molar-refractivity contribution in [2.24, 2.45) is 5.92 Å². The van der Waals surface area contributed by atoms with Crippen molar-refractivity contribution in [1.29, 1.82) is 0 Å². The van der Waals surface area contributed by atoms with Gasteiger partial charge < -0.3 is 4.74 Å². The monoisotopic (exact) mass is 496 g/mol. The van der Waals surface area contributed by atoms with E-state index in [9.17, 15) is 22.8 Å². The Morgan fingerprint density at radius 1 is 1.15 bits per heavy atom. The smallest absolute Gasteiger partial charge is 0.444 e. The predicted molar refractivity (Wildman–Crippen MR) is 117 cm³/mol. The van der Waals surface area contributed by atoms with Gasteiger partial charge in [0.05, 0.1) is 11.7 Å². The largest absolute Gasteiger partial charge is 0.451 e. The molecule has 2 bridgehead atoms. The van der Waals surface area contributed by atoms with Crippen LogP contribution >= 0.6 is 11.6 Å². The average molecular weight is 497 g/mol. The van der Waals surface area contributed by atoms with Crippen LogP contribution in [0.3, 0.4) is 0 Å². The van der Waals surface area contributed by atoms with E-state index in [4.69, 9.17) is 16.3 Å². The van der Waals surface area contributed by atoms with E-state index >= 15 is 0 Å². The number of carbonyl (C=O) groups is 2. The minimum atomic E-state index is -4.64. The molecule has 7 nitrogen and oxygen atoms in total. The van der Waals surface area contributed by atoms with Crippen molar-refractivity contribution >= 4 is 23.5 Å². The Labute approximate surface area is 199 Å². The summed E-state index contributed by atoms with van der Waals surface area (Å²) in [6, 6.07) is 2.78. The van der Waals surface area contributed by atoms with Crippen LogP contribution in [0.1, 0.15) is 51.4 Å². The summed E-state index contributed by atoms with van der Waals surface area (Å²) in [5, 5.41) is 0.137. The Kier molecular flexibility index (Phi) is 6.30. The van der Waals surface area contributed by atoms with E-state index in [1.807, 2.05) is 0 Å². The Morgan fingerprint density at radius 3 is 2.38 bits per heavy atom. The molecule has 1 atom stereocenters. The van der Waals surface area contributed by atoms with E-state index < -0.39 is 29.7 Å². The summed E-state index contributed by atoms with van der Waals surface area (Å²) in [4.78, 5) is 38.2. The number of ketones is 1. The van der Waals surface area contributed by atoms with Crippen molar-refractivity contribution in [1.82, 2.24) is 19.9 Å². The highest BCUT2D eigenvalue weighted by Crippen LogP contribution is 2.47. The minimum Gasteiger partial charge on any atom is -0.444 e. The highest BCUT2D eigenvalue weighted by Gasteiger charge is 2.56. The molecule has 5 rings (SSSR count). The van der Waals surface area contributed by atoms with E-state index in [1.165, 1.54) is 0 Å². The van der Waals surface area contributed by atoms with E-state index in [0.29, 0.717) is 17.7 Å². The topological polar surface area (TPSA) is 85.3 Å². The van der Waals surface area contributed by atoms with Gasteiger partial charge in [0.2, 0.25) is 5.82 Å². The fourth-order valence-corrected chi connectivity index (χ4v) is 4.66. The van der Waals surface area contributed by atoms with E-state index in [2.05, 4.69) is 15.0 Å². The molecule has 0 spiro atoms. The van der Waals surface area contributed by atoms with Gasteiger partial charge in [-0.25, -0.2) is 19.7 Å². The van der Waals surface area contributed by atoms with Crippen LogP contribution in [-0.2, 0) is 22.1 Å². The molecule has 2 aromatic rings. The van der Waals surface area contributed by atoms with Crippen LogP contribution < -0.4 is 0 Å². The van der Waals surface area contributed by atoms with Crippen molar-refractivity contribution in [3.8, 4) is 11.3 Å². The molecule has 1 aliphatic carbocycles. The van der Waals surface area contributed by atoms with Gasteiger partial charge in [0.1, 0.15) is 10.8 Å². The van der Waals surface area contributed by atoms with Crippen LogP contribution in [0.2, 0.25) is 5.15 Å². The van der Waals surface area contributed by atoms with E-state index in [0.717, 1.165) is 25.2 Å². The molecule has 0 radical (unpaired) electrons. The van der Waals surface area contributed by atoms with E-state index in [1.54, 1.807) is 37.8 Å². The highest BCUT2D eigenvalue weighted by atomic mass is 35.5. The first kappa shape index (κ1) is 24.4. The van der Waals surface area contributed by atoms with Gasteiger partial charge in [-0.05, 0) is 63.6 Å². The van der Waals surface area contributed by atoms with Crippen LogP contribution in [0.25, 0.3) is 11.3 Å². The lowest BCUT2D eigenvalue weighted by molar-refractivity contribution is -0.145. The maximum absolute atomic E-state index is 13.1. The van der Waals surface area contributed by atoms with Crippen molar-refractivity contribution in [2.45, 2.75) is 70.3 Å². The third-order valence-electron chi connectivity index (χ3n) is 5.94. The molecule has 182 valence electrons. The predicted octanol–water partition coefficient (Wildman–Crippen LogP) is 5.11.